The SMILES string of the molecule is CCC(CC(=O)O)NC(=O)CCc1ccccn1. The molecule has 0 saturated carbocycles. The molecule has 0 aliphatic rings. The lowest BCUT2D eigenvalue weighted by atomic mass is 10.1. The first-order valence-corrected chi connectivity index (χ1v) is 6.03. The largest absolute Gasteiger partial charge is 0.481 e. The number of nitrogens with zero attached hydrogens (tertiary/aromatic N) is 1. The van der Waals surface area contributed by atoms with Gasteiger partial charge in [-0.05, 0) is 25.0 Å². The average Bonchev–Trinajstić information content (AvgIpc) is 2.36. The second-order valence-corrected chi connectivity index (χ2v) is 4.09. The molecule has 1 aromatic heterocycles. The minimum absolute atomic E-state index is 0.0359. The fourth-order valence-corrected chi connectivity index (χ4v) is 1.60. The molecule has 1 heterocycles. The number of carbonyl (C=O) groups excluding carboxylic acids is 1. The van der Waals surface area contributed by atoms with Gasteiger partial charge < -0.3 is 10.4 Å². The van der Waals surface area contributed by atoms with E-state index in [4.69, 9.17) is 5.11 Å². The number of carbonyl (C=O) groups is 2. The van der Waals surface area contributed by atoms with Crippen LogP contribution in [-0.2, 0) is 16.0 Å². The predicted molar refractivity (Wildman–Crippen MR) is 67.0 cm³/mol. The number of hydrogen-bond donors (Lipinski definition) is 2. The van der Waals surface area contributed by atoms with Crippen molar-refractivity contribution in [2.24, 2.45) is 0 Å². The number of aromatic nitrogens is 1. The summed E-state index contributed by atoms with van der Waals surface area (Å²) >= 11 is 0. The summed E-state index contributed by atoms with van der Waals surface area (Å²) in [7, 11) is 0. The molecule has 1 rings (SSSR count). The lowest BCUT2D eigenvalue weighted by molar-refractivity contribution is -0.137. The second kappa shape index (κ2) is 7.42. The summed E-state index contributed by atoms with van der Waals surface area (Å²) in [5.41, 5.74) is 0.860. The summed E-state index contributed by atoms with van der Waals surface area (Å²) in [6.07, 6.45) is 3.16. The molecule has 0 aliphatic carbocycles. The molecule has 0 bridgehead atoms. The number of aryl methyl sites for hydroxylation is 1. The normalized spacial score (nSPS) is 11.8. The van der Waals surface area contributed by atoms with Crippen molar-refractivity contribution < 1.29 is 14.7 Å². The Morgan fingerprint density at radius 1 is 1.44 bits per heavy atom. The number of amides is 1. The van der Waals surface area contributed by atoms with Gasteiger partial charge in [0.2, 0.25) is 5.91 Å². The fraction of sp³-hybridized carbons (Fsp3) is 0.462. The first kappa shape index (κ1) is 14.2. The number of rotatable bonds is 7. The molecule has 0 spiro atoms. The Bertz CT molecular complexity index is 392. The maximum Gasteiger partial charge on any atom is 0.305 e. The van der Waals surface area contributed by atoms with Crippen LogP contribution in [0.5, 0.6) is 0 Å². The smallest absolute Gasteiger partial charge is 0.305 e. The number of pyridine rings is 1. The molecule has 0 radical (unpaired) electrons. The van der Waals surface area contributed by atoms with Crippen LogP contribution < -0.4 is 5.32 Å². The second-order valence-electron chi connectivity index (χ2n) is 4.09. The van der Waals surface area contributed by atoms with Crippen molar-refractivity contribution in [1.82, 2.24) is 10.3 Å². The zero-order valence-electron chi connectivity index (χ0n) is 10.4. The van der Waals surface area contributed by atoms with Gasteiger partial charge in [-0.3, -0.25) is 14.6 Å². The highest BCUT2D eigenvalue weighted by atomic mass is 16.4. The van der Waals surface area contributed by atoms with Crippen LogP contribution in [0.2, 0.25) is 0 Å². The molecule has 5 nitrogen and oxygen atoms in total. The average molecular weight is 250 g/mol. The summed E-state index contributed by atoms with van der Waals surface area (Å²) in [4.78, 5) is 26.3. The highest BCUT2D eigenvalue weighted by Crippen LogP contribution is 2.01. The lowest BCUT2D eigenvalue weighted by Crippen LogP contribution is -2.36. The van der Waals surface area contributed by atoms with Crippen molar-refractivity contribution in [3.05, 3.63) is 30.1 Å². The molecular formula is C13H18N2O3. The first-order chi connectivity index (χ1) is 8.61. The third-order valence-corrected chi connectivity index (χ3v) is 2.61. The van der Waals surface area contributed by atoms with Crippen LogP contribution in [0.3, 0.4) is 0 Å². The van der Waals surface area contributed by atoms with E-state index < -0.39 is 5.97 Å². The van der Waals surface area contributed by atoms with E-state index in [0.717, 1.165) is 5.69 Å². The zero-order chi connectivity index (χ0) is 13.4. The van der Waals surface area contributed by atoms with E-state index in [0.29, 0.717) is 19.3 Å². The molecule has 98 valence electrons. The van der Waals surface area contributed by atoms with Gasteiger partial charge >= 0.3 is 5.97 Å². The van der Waals surface area contributed by atoms with Gasteiger partial charge in [0.1, 0.15) is 0 Å². The Hall–Kier alpha value is -1.91. The van der Waals surface area contributed by atoms with Crippen molar-refractivity contribution in [1.29, 1.82) is 0 Å². The Balaban J connectivity index is 2.34. The first-order valence-electron chi connectivity index (χ1n) is 6.03. The van der Waals surface area contributed by atoms with E-state index in [1.54, 1.807) is 6.20 Å². The maximum atomic E-state index is 11.6. The maximum absolute atomic E-state index is 11.6. The summed E-state index contributed by atoms with van der Waals surface area (Å²) < 4.78 is 0. The van der Waals surface area contributed by atoms with Gasteiger partial charge in [0.25, 0.3) is 0 Å². The number of carboxylic acid groups (broad SMARTS) is 1. The van der Waals surface area contributed by atoms with Gasteiger partial charge in [0, 0.05) is 24.4 Å². The van der Waals surface area contributed by atoms with Crippen LogP contribution in [0.25, 0.3) is 0 Å². The quantitative estimate of drug-likeness (QED) is 0.766. The van der Waals surface area contributed by atoms with Gasteiger partial charge in [-0.15, -0.1) is 0 Å². The van der Waals surface area contributed by atoms with Crippen LogP contribution in [0, 0.1) is 0 Å². The van der Waals surface area contributed by atoms with E-state index in [-0.39, 0.29) is 18.4 Å². The van der Waals surface area contributed by atoms with Crippen LogP contribution in [0.15, 0.2) is 24.4 Å². The molecule has 2 N–H and O–H groups in total. The van der Waals surface area contributed by atoms with Crippen molar-refractivity contribution in [3.8, 4) is 0 Å². The predicted octanol–water partition coefficient (Wildman–Crippen LogP) is 1.38. The molecule has 1 aromatic rings. The van der Waals surface area contributed by atoms with Gasteiger partial charge in [-0.1, -0.05) is 13.0 Å². The Labute approximate surface area is 106 Å². The molecule has 0 aromatic carbocycles. The molecule has 18 heavy (non-hydrogen) atoms. The van der Waals surface area contributed by atoms with Crippen molar-refractivity contribution in [2.45, 2.75) is 38.6 Å². The topological polar surface area (TPSA) is 79.3 Å². The molecule has 0 saturated heterocycles. The summed E-state index contributed by atoms with van der Waals surface area (Å²) in [6.45, 7) is 1.85. The number of aliphatic carboxylic acids is 1. The van der Waals surface area contributed by atoms with Gasteiger partial charge in [0.05, 0.1) is 6.42 Å². The van der Waals surface area contributed by atoms with E-state index in [1.165, 1.54) is 0 Å². The van der Waals surface area contributed by atoms with E-state index in [9.17, 15) is 9.59 Å². The van der Waals surface area contributed by atoms with Gasteiger partial charge in [-0.25, -0.2) is 0 Å². The fourth-order valence-electron chi connectivity index (χ4n) is 1.60. The van der Waals surface area contributed by atoms with E-state index in [2.05, 4.69) is 10.3 Å². The third-order valence-electron chi connectivity index (χ3n) is 2.61. The van der Waals surface area contributed by atoms with Crippen LogP contribution in [-0.4, -0.2) is 28.0 Å². The zero-order valence-corrected chi connectivity index (χ0v) is 10.4. The highest BCUT2D eigenvalue weighted by Gasteiger charge is 2.13. The Morgan fingerprint density at radius 2 is 2.22 bits per heavy atom. The minimum atomic E-state index is -0.896. The summed E-state index contributed by atoms with van der Waals surface area (Å²) in [6, 6.07) is 5.27. The molecule has 1 atom stereocenters. The highest BCUT2D eigenvalue weighted by molar-refractivity contribution is 5.77. The number of hydrogen-bond acceptors (Lipinski definition) is 3. The van der Waals surface area contributed by atoms with E-state index in [1.807, 2.05) is 25.1 Å². The molecule has 1 unspecified atom stereocenters. The lowest BCUT2D eigenvalue weighted by Gasteiger charge is -2.14. The molecule has 1 amide bonds. The molecule has 0 fully saturated rings. The monoisotopic (exact) mass is 250 g/mol. The number of carboxylic acids is 1. The van der Waals surface area contributed by atoms with Crippen LogP contribution in [0.1, 0.15) is 31.9 Å². The third kappa shape index (κ3) is 5.43. The standard InChI is InChI=1S/C13H18N2O3/c1-2-10(9-13(17)18)15-12(16)7-6-11-5-3-4-8-14-11/h3-5,8,10H,2,6-7,9H2,1H3,(H,15,16)(H,17,18). The Kier molecular flexibility index (Phi) is 5.84. The van der Waals surface area contributed by atoms with Crippen molar-refractivity contribution in [2.75, 3.05) is 0 Å². The molecule has 0 aliphatic heterocycles. The van der Waals surface area contributed by atoms with Gasteiger partial charge in [0.15, 0.2) is 0 Å². The van der Waals surface area contributed by atoms with Crippen molar-refractivity contribution >= 4 is 11.9 Å². The minimum Gasteiger partial charge on any atom is -0.481 e. The summed E-state index contributed by atoms with van der Waals surface area (Å²) in [5.74, 6) is -1.03. The molecule has 5 heteroatoms. The van der Waals surface area contributed by atoms with E-state index >= 15 is 0 Å². The van der Waals surface area contributed by atoms with Crippen LogP contribution >= 0.6 is 0 Å². The Morgan fingerprint density at radius 3 is 2.78 bits per heavy atom. The summed E-state index contributed by atoms with van der Waals surface area (Å²) in [5, 5.41) is 11.4. The molecular weight excluding hydrogens is 232 g/mol. The van der Waals surface area contributed by atoms with Gasteiger partial charge in [-0.2, -0.15) is 0 Å². The number of nitrogens with one attached hydrogen (secondary N) is 1. The van der Waals surface area contributed by atoms with Crippen molar-refractivity contribution in [3.63, 3.8) is 0 Å². The van der Waals surface area contributed by atoms with Crippen LogP contribution in [0.4, 0.5) is 0 Å².